The molecule has 0 aliphatic carbocycles. The maximum absolute atomic E-state index is 11.9. The third-order valence-corrected chi connectivity index (χ3v) is 3.65. The van der Waals surface area contributed by atoms with Crippen LogP contribution >= 0.6 is 0 Å². The molecule has 2 rings (SSSR count). The number of carbonyl (C=O) groups excluding carboxylic acids is 2. The smallest absolute Gasteiger partial charge is 0.306 e. The van der Waals surface area contributed by atoms with Crippen molar-refractivity contribution < 1.29 is 24.2 Å². The lowest BCUT2D eigenvalue weighted by Crippen LogP contribution is -2.19. The Kier molecular flexibility index (Phi) is 7.66. The van der Waals surface area contributed by atoms with E-state index in [2.05, 4.69) is 0 Å². The molecule has 1 N–H and O–H groups in total. The first-order chi connectivity index (χ1) is 12.2. The van der Waals surface area contributed by atoms with Gasteiger partial charge in [-0.05, 0) is 11.1 Å². The third kappa shape index (κ3) is 7.18. The summed E-state index contributed by atoms with van der Waals surface area (Å²) in [5.74, 6) is -1.40. The van der Waals surface area contributed by atoms with Gasteiger partial charge in [0.15, 0.2) is 0 Å². The van der Waals surface area contributed by atoms with Gasteiger partial charge in [-0.3, -0.25) is 9.59 Å². The van der Waals surface area contributed by atoms with Crippen LogP contribution in [0, 0.1) is 5.92 Å². The number of ether oxygens (including phenoxy) is 2. The number of carbonyl (C=O) groups is 2. The first kappa shape index (κ1) is 18.7. The molecule has 0 radical (unpaired) electrons. The Bertz CT molecular complexity index is 597. The number of benzene rings is 2. The van der Waals surface area contributed by atoms with E-state index in [1.165, 1.54) is 0 Å². The highest BCUT2D eigenvalue weighted by Gasteiger charge is 2.19. The van der Waals surface area contributed by atoms with E-state index in [4.69, 9.17) is 9.47 Å². The first-order valence-electron chi connectivity index (χ1n) is 8.17. The molecule has 0 heterocycles. The van der Waals surface area contributed by atoms with Crippen molar-refractivity contribution in [3.63, 3.8) is 0 Å². The number of esters is 2. The van der Waals surface area contributed by atoms with Crippen molar-refractivity contribution in [1.82, 2.24) is 0 Å². The van der Waals surface area contributed by atoms with Gasteiger partial charge in [0.1, 0.15) is 13.2 Å². The third-order valence-electron chi connectivity index (χ3n) is 3.65. The summed E-state index contributed by atoms with van der Waals surface area (Å²) in [5.41, 5.74) is 1.78. The van der Waals surface area contributed by atoms with Crippen molar-refractivity contribution in [2.75, 3.05) is 6.61 Å². The summed E-state index contributed by atoms with van der Waals surface area (Å²) < 4.78 is 10.3. The summed E-state index contributed by atoms with van der Waals surface area (Å²) in [6.45, 7) is 0.0768. The zero-order valence-electron chi connectivity index (χ0n) is 14.0. The monoisotopic (exact) mass is 342 g/mol. The molecule has 0 atom stereocenters. The minimum Gasteiger partial charge on any atom is -0.461 e. The van der Waals surface area contributed by atoms with E-state index in [1.54, 1.807) is 0 Å². The summed E-state index contributed by atoms with van der Waals surface area (Å²) in [5, 5.41) is 9.38. The van der Waals surface area contributed by atoms with Gasteiger partial charge >= 0.3 is 11.9 Å². The van der Waals surface area contributed by atoms with Gasteiger partial charge in [0.05, 0.1) is 12.8 Å². The van der Waals surface area contributed by atoms with Crippen LogP contribution in [0.4, 0.5) is 0 Å². The molecular weight excluding hydrogens is 320 g/mol. The molecule has 0 spiro atoms. The van der Waals surface area contributed by atoms with Crippen LogP contribution in [0.3, 0.4) is 0 Å². The number of aliphatic hydroxyl groups is 1. The zero-order chi connectivity index (χ0) is 17.9. The lowest BCUT2D eigenvalue weighted by molar-refractivity contribution is -0.149. The van der Waals surface area contributed by atoms with Crippen molar-refractivity contribution >= 4 is 11.9 Å². The van der Waals surface area contributed by atoms with E-state index in [0.29, 0.717) is 0 Å². The van der Waals surface area contributed by atoms with Gasteiger partial charge in [-0.15, -0.1) is 0 Å². The highest BCUT2D eigenvalue weighted by atomic mass is 16.5. The molecule has 0 bridgehead atoms. The minimum atomic E-state index is -0.508. The van der Waals surface area contributed by atoms with Crippen molar-refractivity contribution in [2.24, 2.45) is 5.92 Å². The van der Waals surface area contributed by atoms with Crippen molar-refractivity contribution in [3.8, 4) is 0 Å². The Morgan fingerprint density at radius 2 is 1.16 bits per heavy atom. The van der Waals surface area contributed by atoms with Crippen LogP contribution in [0.25, 0.3) is 0 Å². The van der Waals surface area contributed by atoms with Crippen molar-refractivity contribution in [2.45, 2.75) is 26.1 Å². The van der Waals surface area contributed by atoms with E-state index in [0.717, 1.165) is 11.1 Å². The number of hydrogen-bond acceptors (Lipinski definition) is 5. The lowest BCUT2D eigenvalue weighted by atomic mass is 10.0. The van der Waals surface area contributed by atoms with Crippen molar-refractivity contribution in [3.05, 3.63) is 71.8 Å². The van der Waals surface area contributed by atoms with Crippen LogP contribution in [0.2, 0.25) is 0 Å². The molecule has 132 valence electrons. The largest absolute Gasteiger partial charge is 0.461 e. The molecule has 0 unspecified atom stereocenters. The van der Waals surface area contributed by atoms with Gasteiger partial charge < -0.3 is 14.6 Å². The fourth-order valence-electron chi connectivity index (χ4n) is 2.27. The molecule has 2 aromatic carbocycles. The Labute approximate surface area is 147 Å². The fourth-order valence-corrected chi connectivity index (χ4v) is 2.27. The van der Waals surface area contributed by atoms with Crippen LogP contribution in [-0.4, -0.2) is 23.7 Å². The van der Waals surface area contributed by atoms with Gasteiger partial charge in [-0.2, -0.15) is 0 Å². The Morgan fingerprint density at radius 3 is 1.52 bits per heavy atom. The Morgan fingerprint density at radius 1 is 0.760 bits per heavy atom. The van der Waals surface area contributed by atoms with Gasteiger partial charge in [-0.1, -0.05) is 60.7 Å². The highest BCUT2D eigenvalue weighted by Crippen LogP contribution is 2.12. The summed E-state index contributed by atoms with van der Waals surface area (Å²) in [6, 6.07) is 18.7. The van der Waals surface area contributed by atoms with E-state index < -0.39 is 17.9 Å². The predicted octanol–water partition coefficient (Wildman–Crippen LogP) is 2.86. The summed E-state index contributed by atoms with van der Waals surface area (Å²) in [7, 11) is 0. The highest BCUT2D eigenvalue weighted by molar-refractivity contribution is 5.73. The summed E-state index contributed by atoms with van der Waals surface area (Å²) >= 11 is 0. The fraction of sp³-hybridized carbons (Fsp3) is 0.300. The van der Waals surface area contributed by atoms with Crippen LogP contribution in [0.15, 0.2) is 60.7 Å². The molecule has 0 aliphatic rings. The molecule has 5 nitrogen and oxygen atoms in total. The SMILES string of the molecule is O=C(CC(CO)CC(=O)OCc1ccccc1)OCc1ccccc1. The summed E-state index contributed by atoms with van der Waals surface area (Å²) in [6.07, 6.45) is -0.0481. The average Bonchev–Trinajstić information content (AvgIpc) is 2.66. The average molecular weight is 342 g/mol. The first-order valence-corrected chi connectivity index (χ1v) is 8.17. The predicted molar refractivity (Wildman–Crippen MR) is 92.3 cm³/mol. The molecule has 0 aromatic heterocycles. The Balaban J connectivity index is 1.71. The van der Waals surface area contributed by atoms with E-state index in [9.17, 15) is 14.7 Å². The zero-order valence-corrected chi connectivity index (χ0v) is 14.0. The van der Waals surface area contributed by atoms with Crippen LogP contribution < -0.4 is 0 Å². The van der Waals surface area contributed by atoms with Crippen molar-refractivity contribution in [1.29, 1.82) is 0 Å². The number of rotatable bonds is 9. The lowest BCUT2D eigenvalue weighted by Gasteiger charge is -2.13. The topological polar surface area (TPSA) is 72.8 Å². The quantitative estimate of drug-likeness (QED) is 0.710. The molecular formula is C20H22O5. The number of hydrogen-bond donors (Lipinski definition) is 1. The molecule has 5 heteroatoms. The van der Waals surface area contributed by atoms with Gasteiger partial charge in [-0.25, -0.2) is 0 Å². The molecule has 2 aromatic rings. The van der Waals surface area contributed by atoms with E-state index >= 15 is 0 Å². The molecule has 0 amide bonds. The van der Waals surface area contributed by atoms with Crippen LogP contribution in [-0.2, 0) is 32.3 Å². The second-order valence-electron chi connectivity index (χ2n) is 5.75. The van der Waals surface area contributed by atoms with Gasteiger partial charge in [0.25, 0.3) is 0 Å². The molecule has 25 heavy (non-hydrogen) atoms. The maximum Gasteiger partial charge on any atom is 0.306 e. The maximum atomic E-state index is 11.9. The molecule has 0 aliphatic heterocycles. The van der Waals surface area contributed by atoms with Crippen LogP contribution in [0.5, 0.6) is 0 Å². The number of aliphatic hydroxyl groups excluding tert-OH is 1. The molecule has 0 fully saturated rings. The van der Waals surface area contributed by atoms with E-state index in [1.807, 2.05) is 60.7 Å². The molecule has 0 saturated carbocycles. The second kappa shape index (κ2) is 10.3. The minimum absolute atomic E-state index is 0.0240. The second-order valence-corrected chi connectivity index (χ2v) is 5.75. The standard InChI is InChI=1S/C20H22O5/c21-13-18(11-19(22)24-14-16-7-3-1-4-8-16)12-20(23)25-15-17-9-5-2-6-10-17/h1-10,18,21H,11-15H2. The van der Waals surface area contributed by atoms with E-state index in [-0.39, 0.29) is 32.7 Å². The van der Waals surface area contributed by atoms with Gasteiger partial charge in [0.2, 0.25) is 0 Å². The Hall–Kier alpha value is -2.66. The van der Waals surface area contributed by atoms with Gasteiger partial charge in [0, 0.05) is 12.5 Å². The molecule has 0 saturated heterocycles. The summed E-state index contributed by atoms with van der Waals surface area (Å²) in [4.78, 5) is 23.7. The normalized spacial score (nSPS) is 10.5. The van der Waals surface area contributed by atoms with Crippen LogP contribution in [0.1, 0.15) is 24.0 Å².